The van der Waals surface area contributed by atoms with Gasteiger partial charge in [0, 0.05) is 28.3 Å². The van der Waals surface area contributed by atoms with Crippen molar-refractivity contribution >= 4 is 16.7 Å². The van der Waals surface area contributed by atoms with E-state index in [4.69, 9.17) is 19.1 Å². The van der Waals surface area contributed by atoms with Crippen LogP contribution < -0.4 is 0 Å². The van der Waals surface area contributed by atoms with Crippen LogP contribution in [0, 0.1) is 25.1 Å². The number of rotatable bonds is 13. The molecule has 3 heterocycles. The van der Waals surface area contributed by atoms with E-state index in [0.717, 1.165) is 128 Å². The zero-order valence-electron chi connectivity index (χ0n) is 50.3. The molecule has 0 saturated carbocycles. The van der Waals surface area contributed by atoms with Gasteiger partial charge in [0.05, 0.1) is 0 Å². The van der Waals surface area contributed by atoms with Gasteiger partial charge in [-0.15, -0.1) is 71.3 Å². The third kappa shape index (κ3) is 11.6. The molecule has 0 fully saturated rings. The Balaban J connectivity index is 0.00000743. The van der Waals surface area contributed by atoms with E-state index in [1.54, 1.807) is 12.3 Å². The van der Waals surface area contributed by atoms with E-state index >= 15 is 0 Å². The quantitative estimate of drug-likeness (QED) is 0.108. The Kier molecular flexibility index (Phi) is 15.2. The summed E-state index contributed by atoms with van der Waals surface area (Å²) in [7, 11) is 0. The van der Waals surface area contributed by atoms with E-state index in [2.05, 4.69) is 231 Å². The zero-order valence-corrected chi connectivity index (χ0v) is 49.7. The van der Waals surface area contributed by atoms with Gasteiger partial charge >= 0.3 is 20.1 Å². The summed E-state index contributed by atoms with van der Waals surface area (Å²) in [5.41, 5.74) is 25.4. The summed E-state index contributed by atoms with van der Waals surface area (Å²) < 4.78 is 26.0. The molecule has 13 aromatic rings. The fourth-order valence-electron chi connectivity index (χ4n) is 11.9. The Hall–Kier alpha value is -10.5. The summed E-state index contributed by atoms with van der Waals surface area (Å²) in [4.78, 5) is 14.4. The van der Waals surface area contributed by atoms with Crippen LogP contribution in [-0.4, -0.2) is 15.0 Å². The second kappa shape index (κ2) is 25.4. The number of hydrogen-bond donors (Lipinski definition) is 0. The Morgan fingerprint density at radius 3 is 1.14 bits per heavy atom. The monoisotopic (exact) mass is 1290 g/mol. The molecule has 0 spiro atoms. The molecule has 0 saturated heterocycles. The summed E-state index contributed by atoms with van der Waals surface area (Å²) in [6.45, 7) is -2.39. The number of aryl methyl sites for hydroxylation is 1. The Morgan fingerprint density at radius 2 is 0.701 bits per heavy atom. The van der Waals surface area contributed by atoms with Crippen LogP contribution in [0.25, 0.3) is 128 Å². The minimum absolute atomic E-state index is 0. The number of nitrogens with zero attached hydrogens (tertiary/aromatic N) is 3. The maximum absolute atomic E-state index is 8.65. The normalized spacial score (nSPS) is 12.7. The maximum Gasteiger partial charge on any atom is 3.00 e. The molecule has 0 amide bonds. The van der Waals surface area contributed by atoms with Gasteiger partial charge in [-0.1, -0.05) is 287 Å². The number of aromatic nitrogens is 3. The molecule has 0 atom stereocenters. The summed E-state index contributed by atoms with van der Waals surface area (Å²) in [6.07, 6.45) is 13.1. The molecule has 0 N–H and O–H groups in total. The van der Waals surface area contributed by atoms with Crippen molar-refractivity contribution in [1.29, 1.82) is 0 Å². The van der Waals surface area contributed by atoms with Crippen molar-refractivity contribution in [1.82, 2.24) is 15.0 Å². The van der Waals surface area contributed by atoms with Crippen LogP contribution >= 0.6 is 0 Å². The topological polar surface area (TPSA) is 38.7 Å². The van der Waals surface area contributed by atoms with Crippen molar-refractivity contribution in [3.63, 3.8) is 0 Å². The molecule has 0 bridgehead atoms. The van der Waals surface area contributed by atoms with Crippen molar-refractivity contribution in [2.75, 3.05) is 0 Å². The molecule has 0 radical (unpaired) electrons. The van der Waals surface area contributed by atoms with Gasteiger partial charge in [0.15, 0.2) is 0 Å². The van der Waals surface area contributed by atoms with Gasteiger partial charge in [0.1, 0.15) is 0 Å². The molecular weight excluding hydrogens is 1230 g/mol. The van der Waals surface area contributed by atoms with Gasteiger partial charge in [0.25, 0.3) is 0 Å². The third-order valence-corrected chi connectivity index (χ3v) is 16.1. The summed E-state index contributed by atoms with van der Waals surface area (Å²) in [5.74, 6) is 0. The van der Waals surface area contributed by atoms with E-state index in [1.807, 2.05) is 85.2 Å². The molecule has 3 aromatic heterocycles. The van der Waals surface area contributed by atoms with E-state index in [0.29, 0.717) is 23.2 Å². The largest absolute Gasteiger partial charge is 3.00 e. The van der Waals surface area contributed by atoms with Crippen molar-refractivity contribution < 1.29 is 24.2 Å². The molecule has 10 aromatic carbocycles. The second-order valence-electron chi connectivity index (χ2n) is 21.3. The van der Waals surface area contributed by atoms with Crippen LogP contribution in [0.2, 0.25) is 0 Å². The van der Waals surface area contributed by atoms with Gasteiger partial charge in [-0.25, -0.2) is 0 Å². The average Bonchev–Trinajstić information content (AvgIpc) is 1.24. The molecule has 1 aliphatic carbocycles. The molecule has 1 aliphatic rings. The molecule has 412 valence electrons. The molecule has 4 heteroatoms. The van der Waals surface area contributed by atoms with Crippen LogP contribution in [0.15, 0.2) is 310 Å². The second-order valence-corrected chi connectivity index (χ2v) is 21.3. The maximum atomic E-state index is 8.65. The van der Waals surface area contributed by atoms with Crippen LogP contribution in [0.3, 0.4) is 0 Å². The fourth-order valence-corrected chi connectivity index (χ4v) is 11.9. The first-order chi connectivity index (χ1) is 43.8. The molecular formula is C83H56IrN3. The Morgan fingerprint density at radius 1 is 0.322 bits per heavy atom. The molecule has 0 unspecified atom stereocenters. The van der Waals surface area contributed by atoms with Gasteiger partial charge in [-0.2, -0.15) is 0 Å². The minimum Gasteiger partial charge on any atom is -0.305 e. The number of benzene rings is 10. The zero-order chi connectivity index (χ0) is 60.1. The fraction of sp³-hybridized carbons (Fsp3) is 0.0241. The number of pyridine rings is 3. The first kappa shape index (κ1) is 52.1. The standard InChI is InChI=1S/C83H56N3.Ir/c1-57-50-83(86-56-80(57)61-30-12-5-13-31-61)66-44-47-75(79(55-66)60-28-10-4-11-29-60)72-36-18-15-33-69(72)63-41-40-62(68-32-14-17-35-71(68)74-45-42-64(81-38-20-22-48-84-81)53-77(74)58-24-6-2-7-25-58)51-67(52-63)70-34-16-19-37-73(70)76-46-43-65(82-39-21-23-49-85-82)54-78(76)59-26-8-3-9-27-59;/h2-40,45-56H,41H2,1H3;/q-3;+3/i1D3;. The first-order valence-corrected chi connectivity index (χ1v) is 28.9. The van der Waals surface area contributed by atoms with Crippen LogP contribution in [0.4, 0.5) is 0 Å². The smallest absolute Gasteiger partial charge is 0.305 e. The predicted octanol–water partition coefficient (Wildman–Crippen LogP) is 21.2. The summed E-state index contributed by atoms with van der Waals surface area (Å²) in [6, 6.07) is 105. The number of allylic oxidation sites excluding steroid dienone is 6. The van der Waals surface area contributed by atoms with Crippen molar-refractivity contribution in [2.45, 2.75) is 13.3 Å². The number of hydrogen-bond acceptors (Lipinski definition) is 3. The minimum atomic E-state index is -2.39. The molecule has 87 heavy (non-hydrogen) atoms. The van der Waals surface area contributed by atoms with Crippen molar-refractivity contribution in [3.05, 3.63) is 350 Å². The van der Waals surface area contributed by atoms with E-state index < -0.39 is 6.85 Å². The van der Waals surface area contributed by atoms with E-state index in [1.165, 1.54) is 0 Å². The predicted molar refractivity (Wildman–Crippen MR) is 357 cm³/mol. The summed E-state index contributed by atoms with van der Waals surface area (Å²) >= 11 is 0. The molecule has 0 aliphatic heterocycles. The first-order valence-electron chi connectivity index (χ1n) is 30.4. The van der Waals surface area contributed by atoms with Crippen LogP contribution in [0.1, 0.15) is 32.8 Å². The average molecular weight is 1290 g/mol. The molecule has 3 nitrogen and oxygen atoms in total. The van der Waals surface area contributed by atoms with Gasteiger partial charge in [-0.3, -0.25) is 0 Å². The van der Waals surface area contributed by atoms with Crippen molar-refractivity contribution in [3.8, 4) is 112 Å². The van der Waals surface area contributed by atoms with Gasteiger partial charge in [-0.05, 0) is 110 Å². The van der Waals surface area contributed by atoms with Crippen LogP contribution in [0.5, 0.6) is 0 Å². The Bertz CT molecular complexity index is 4810. The van der Waals surface area contributed by atoms with E-state index in [9.17, 15) is 0 Å². The Labute approximate surface area is 527 Å². The third-order valence-electron chi connectivity index (χ3n) is 16.1. The van der Waals surface area contributed by atoms with Gasteiger partial charge < -0.3 is 15.0 Å². The van der Waals surface area contributed by atoms with Gasteiger partial charge in [0.2, 0.25) is 0 Å². The van der Waals surface area contributed by atoms with E-state index in [-0.39, 0.29) is 25.7 Å². The summed E-state index contributed by atoms with van der Waals surface area (Å²) in [5, 5.41) is 0. The van der Waals surface area contributed by atoms with Crippen molar-refractivity contribution in [2.24, 2.45) is 0 Å². The van der Waals surface area contributed by atoms with Crippen LogP contribution in [-0.2, 0) is 20.1 Å². The SMILES string of the molecule is [2H]C([2H])([2H])c1cc(-c2[c-]cc(-c3ccccc3C3=CC(c4ccccc4-c4c[c-]c(-c5ccccn5)cc4-c4ccccc4)=CC(c4ccccc4-c4c[c-]c(-c5ccccn5)cc4-c4ccccc4)=CC3)c(-c3ccccc3)c2)ncc1-c1ccccc1.[Ir+3]. The molecule has 14 rings (SSSR count).